The van der Waals surface area contributed by atoms with Crippen molar-refractivity contribution in [3.63, 3.8) is 0 Å². The first-order chi connectivity index (χ1) is 9.62. The van der Waals surface area contributed by atoms with Gasteiger partial charge in [0.05, 0.1) is 11.1 Å². The third-order valence-corrected chi connectivity index (χ3v) is 3.30. The molecule has 0 aliphatic heterocycles. The predicted octanol–water partition coefficient (Wildman–Crippen LogP) is 4.21. The van der Waals surface area contributed by atoms with Gasteiger partial charge in [-0.2, -0.15) is 13.2 Å². The summed E-state index contributed by atoms with van der Waals surface area (Å²) in [4.78, 5) is 0. The topological polar surface area (TPSA) is 26.0 Å². The van der Waals surface area contributed by atoms with Crippen molar-refractivity contribution >= 4 is 0 Å². The highest BCUT2D eigenvalue weighted by Gasteiger charge is 2.36. The molecule has 1 nitrogen and oxygen atoms in total. The van der Waals surface area contributed by atoms with Crippen molar-refractivity contribution in [2.75, 3.05) is 0 Å². The zero-order chi connectivity index (χ0) is 15.8. The van der Waals surface area contributed by atoms with E-state index >= 15 is 0 Å². The number of benzene rings is 2. The molecule has 0 aromatic heterocycles. The summed E-state index contributed by atoms with van der Waals surface area (Å²) in [5.74, 6) is -1.93. The lowest BCUT2D eigenvalue weighted by molar-refractivity contribution is -0.140. The second-order valence-electron chi connectivity index (χ2n) is 4.91. The molecule has 21 heavy (non-hydrogen) atoms. The van der Waals surface area contributed by atoms with Gasteiger partial charge in [0.1, 0.15) is 11.6 Å². The van der Waals surface area contributed by atoms with Gasteiger partial charge in [-0.1, -0.05) is 18.2 Å². The molecular formula is C15H12F5N. The van der Waals surface area contributed by atoms with Gasteiger partial charge >= 0.3 is 6.18 Å². The van der Waals surface area contributed by atoms with Crippen molar-refractivity contribution in [1.29, 1.82) is 0 Å². The Morgan fingerprint density at radius 3 is 2.10 bits per heavy atom. The first kappa shape index (κ1) is 15.4. The van der Waals surface area contributed by atoms with Crippen LogP contribution >= 0.6 is 0 Å². The molecule has 6 heteroatoms. The summed E-state index contributed by atoms with van der Waals surface area (Å²) in [5.41, 5.74) is 3.60. The first-order valence-electron chi connectivity index (χ1n) is 6.04. The maximum atomic E-state index is 13.3. The summed E-state index contributed by atoms with van der Waals surface area (Å²) in [6.07, 6.45) is -4.82. The second kappa shape index (κ2) is 5.11. The van der Waals surface area contributed by atoms with Crippen LogP contribution in [-0.2, 0) is 11.7 Å². The lowest BCUT2D eigenvalue weighted by Crippen LogP contribution is -2.34. The minimum absolute atomic E-state index is 0.0434. The molecule has 1 atom stereocenters. The molecule has 0 amide bonds. The van der Waals surface area contributed by atoms with Crippen LogP contribution in [0.3, 0.4) is 0 Å². The summed E-state index contributed by atoms with van der Waals surface area (Å²) in [7, 11) is 0. The number of nitrogens with two attached hydrogens (primary N) is 1. The summed E-state index contributed by atoms with van der Waals surface area (Å²) in [5, 5.41) is 0. The Kier molecular flexibility index (Phi) is 3.76. The fourth-order valence-electron chi connectivity index (χ4n) is 2.04. The zero-order valence-electron chi connectivity index (χ0n) is 11.0. The van der Waals surface area contributed by atoms with E-state index in [1.54, 1.807) is 0 Å². The Labute approximate surface area is 118 Å². The van der Waals surface area contributed by atoms with Gasteiger partial charge in [0.2, 0.25) is 0 Å². The fraction of sp³-hybridized carbons (Fsp3) is 0.200. The van der Waals surface area contributed by atoms with E-state index in [1.807, 2.05) is 0 Å². The van der Waals surface area contributed by atoms with E-state index < -0.39 is 28.9 Å². The van der Waals surface area contributed by atoms with E-state index in [0.717, 1.165) is 12.1 Å². The molecule has 0 fully saturated rings. The van der Waals surface area contributed by atoms with Crippen LogP contribution in [-0.4, -0.2) is 0 Å². The standard InChI is InChI=1S/C15H12F5N/c1-14(21,9-3-2-4-11(16)7-9)10-5-6-13(17)12(8-10)15(18,19)20/h2-8H,21H2,1H3. The largest absolute Gasteiger partial charge is 0.419 e. The number of rotatable bonds is 2. The number of halogens is 5. The van der Waals surface area contributed by atoms with Crippen molar-refractivity contribution < 1.29 is 22.0 Å². The Balaban J connectivity index is 2.55. The molecule has 2 rings (SSSR count). The fourth-order valence-corrected chi connectivity index (χ4v) is 2.04. The maximum Gasteiger partial charge on any atom is 0.419 e. The zero-order valence-corrected chi connectivity index (χ0v) is 11.0. The Bertz CT molecular complexity index is 661. The number of alkyl halides is 3. The molecular weight excluding hydrogens is 289 g/mol. The molecule has 112 valence electrons. The second-order valence-corrected chi connectivity index (χ2v) is 4.91. The van der Waals surface area contributed by atoms with Gasteiger partial charge in [0.15, 0.2) is 0 Å². The lowest BCUT2D eigenvalue weighted by atomic mass is 9.85. The molecule has 0 heterocycles. The summed E-state index contributed by atoms with van der Waals surface area (Å²) in [6.45, 7) is 1.44. The highest BCUT2D eigenvalue weighted by molar-refractivity contribution is 5.40. The molecule has 0 bridgehead atoms. The predicted molar refractivity (Wildman–Crippen MR) is 68.4 cm³/mol. The van der Waals surface area contributed by atoms with Crippen molar-refractivity contribution in [2.45, 2.75) is 18.6 Å². The molecule has 0 radical (unpaired) electrons. The highest BCUT2D eigenvalue weighted by Crippen LogP contribution is 2.35. The normalized spacial score (nSPS) is 14.8. The van der Waals surface area contributed by atoms with Crippen LogP contribution in [0.15, 0.2) is 42.5 Å². The minimum Gasteiger partial charge on any atom is -0.318 e. The van der Waals surface area contributed by atoms with Crippen molar-refractivity contribution in [1.82, 2.24) is 0 Å². The molecule has 0 aliphatic carbocycles. The molecule has 2 aromatic carbocycles. The number of hydrogen-bond donors (Lipinski definition) is 1. The van der Waals surface area contributed by atoms with Gasteiger partial charge in [-0.25, -0.2) is 8.78 Å². The lowest BCUT2D eigenvalue weighted by Gasteiger charge is -2.27. The molecule has 0 saturated carbocycles. The van der Waals surface area contributed by atoms with Crippen molar-refractivity contribution in [2.24, 2.45) is 5.73 Å². The van der Waals surface area contributed by atoms with E-state index in [1.165, 1.54) is 25.1 Å². The molecule has 2 aromatic rings. The average molecular weight is 301 g/mol. The van der Waals surface area contributed by atoms with Crippen molar-refractivity contribution in [3.8, 4) is 0 Å². The molecule has 0 saturated heterocycles. The molecule has 0 spiro atoms. The Morgan fingerprint density at radius 1 is 0.905 bits per heavy atom. The van der Waals surface area contributed by atoms with Gasteiger partial charge < -0.3 is 5.73 Å². The Hall–Kier alpha value is -1.95. The van der Waals surface area contributed by atoms with Gasteiger partial charge in [0.25, 0.3) is 0 Å². The first-order valence-corrected chi connectivity index (χ1v) is 6.04. The van der Waals surface area contributed by atoms with Gasteiger partial charge in [-0.15, -0.1) is 0 Å². The third-order valence-electron chi connectivity index (χ3n) is 3.30. The average Bonchev–Trinajstić information content (AvgIpc) is 2.37. The van der Waals surface area contributed by atoms with E-state index in [9.17, 15) is 22.0 Å². The van der Waals surface area contributed by atoms with Crippen LogP contribution in [0.25, 0.3) is 0 Å². The van der Waals surface area contributed by atoms with Crippen LogP contribution in [0.1, 0.15) is 23.6 Å². The van der Waals surface area contributed by atoms with E-state index in [-0.39, 0.29) is 5.56 Å². The number of hydrogen-bond acceptors (Lipinski definition) is 1. The van der Waals surface area contributed by atoms with Gasteiger partial charge in [-0.3, -0.25) is 0 Å². The summed E-state index contributed by atoms with van der Waals surface area (Å²) in [6, 6.07) is 7.77. The third kappa shape index (κ3) is 3.05. The van der Waals surface area contributed by atoms with Crippen LogP contribution in [0.5, 0.6) is 0 Å². The Morgan fingerprint density at radius 2 is 1.52 bits per heavy atom. The smallest absolute Gasteiger partial charge is 0.318 e. The van der Waals surface area contributed by atoms with E-state index in [0.29, 0.717) is 17.7 Å². The van der Waals surface area contributed by atoms with Gasteiger partial charge in [-0.05, 0) is 42.3 Å². The van der Waals surface area contributed by atoms with Crippen LogP contribution in [0, 0.1) is 11.6 Å². The molecule has 2 N–H and O–H groups in total. The van der Waals surface area contributed by atoms with Crippen LogP contribution in [0.4, 0.5) is 22.0 Å². The maximum absolute atomic E-state index is 13.3. The monoisotopic (exact) mass is 301 g/mol. The minimum atomic E-state index is -4.82. The van der Waals surface area contributed by atoms with Gasteiger partial charge in [0, 0.05) is 0 Å². The van der Waals surface area contributed by atoms with Crippen LogP contribution < -0.4 is 5.73 Å². The SMILES string of the molecule is CC(N)(c1cccc(F)c1)c1ccc(F)c(C(F)(F)F)c1. The quantitative estimate of drug-likeness (QED) is 0.826. The molecule has 0 aliphatic rings. The highest BCUT2D eigenvalue weighted by atomic mass is 19.4. The van der Waals surface area contributed by atoms with E-state index in [2.05, 4.69) is 0 Å². The molecule has 1 unspecified atom stereocenters. The van der Waals surface area contributed by atoms with Crippen molar-refractivity contribution in [3.05, 3.63) is 70.8 Å². The van der Waals surface area contributed by atoms with E-state index in [4.69, 9.17) is 5.73 Å². The van der Waals surface area contributed by atoms with Crippen LogP contribution in [0.2, 0.25) is 0 Å². The summed E-state index contributed by atoms with van der Waals surface area (Å²) < 4.78 is 64.8. The summed E-state index contributed by atoms with van der Waals surface area (Å²) >= 11 is 0.